The van der Waals surface area contributed by atoms with Gasteiger partial charge < -0.3 is 9.64 Å². The highest BCUT2D eigenvalue weighted by Crippen LogP contribution is 2.53. The minimum Gasteiger partial charge on any atom is -0.451 e. The number of rotatable bonds is 5. The molecule has 2 saturated heterocycles. The SMILES string of the molecule is O=C(OC(c1ccccc1)c1ccccc1)[C@@H]1[C@H]2C(=O)N(c3ccccc3F)C(=O)[C@@H]2[C@H]2c3ccccc3C=CN12. The van der Waals surface area contributed by atoms with Crippen molar-refractivity contribution >= 4 is 29.5 Å². The number of carbonyl (C=O) groups is 3. The summed E-state index contributed by atoms with van der Waals surface area (Å²) in [6.07, 6.45) is 2.92. The smallest absolute Gasteiger partial charge is 0.330 e. The van der Waals surface area contributed by atoms with E-state index in [0.29, 0.717) is 0 Å². The van der Waals surface area contributed by atoms with E-state index in [9.17, 15) is 18.8 Å². The first kappa shape index (κ1) is 25.0. The molecule has 2 fully saturated rings. The molecule has 0 bridgehead atoms. The molecule has 0 N–H and O–H groups in total. The molecule has 2 amide bonds. The fourth-order valence-electron chi connectivity index (χ4n) is 6.47. The van der Waals surface area contributed by atoms with Crippen LogP contribution in [0.3, 0.4) is 0 Å². The molecule has 202 valence electrons. The predicted octanol–water partition coefficient (Wildman–Crippen LogP) is 5.67. The number of amides is 2. The first-order valence-corrected chi connectivity index (χ1v) is 13.5. The number of fused-ring (bicyclic) bond motifs is 5. The fraction of sp³-hybridized carbons (Fsp3) is 0.147. The summed E-state index contributed by atoms with van der Waals surface area (Å²) < 4.78 is 21.1. The van der Waals surface area contributed by atoms with Crippen LogP contribution in [0.4, 0.5) is 10.1 Å². The quantitative estimate of drug-likeness (QED) is 0.239. The summed E-state index contributed by atoms with van der Waals surface area (Å²) >= 11 is 0. The molecule has 0 aliphatic carbocycles. The molecule has 0 aromatic heterocycles. The summed E-state index contributed by atoms with van der Waals surface area (Å²) in [5.74, 6) is -4.38. The molecule has 0 radical (unpaired) electrons. The molecule has 7 rings (SSSR count). The number of hydrogen-bond acceptors (Lipinski definition) is 5. The second-order valence-electron chi connectivity index (χ2n) is 10.4. The van der Waals surface area contributed by atoms with Crippen LogP contribution in [-0.2, 0) is 19.1 Å². The van der Waals surface area contributed by atoms with Gasteiger partial charge in [0.1, 0.15) is 11.9 Å². The molecule has 4 atom stereocenters. The second kappa shape index (κ2) is 9.86. The monoisotopic (exact) mass is 544 g/mol. The zero-order valence-corrected chi connectivity index (χ0v) is 21.8. The highest BCUT2D eigenvalue weighted by atomic mass is 19.1. The van der Waals surface area contributed by atoms with Gasteiger partial charge in [-0.3, -0.25) is 9.59 Å². The topological polar surface area (TPSA) is 66.9 Å². The van der Waals surface area contributed by atoms with Crippen LogP contribution in [0.15, 0.2) is 115 Å². The predicted molar refractivity (Wildman–Crippen MR) is 151 cm³/mol. The first-order valence-electron chi connectivity index (χ1n) is 13.5. The summed E-state index contributed by atoms with van der Waals surface area (Å²) in [5.41, 5.74) is 3.18. The first-order chi connectivity index (χ1) is 20.0. The summed E-state index contributed by atoms with van der Waals surface area (Å²) in [6, 6.07) is 30.4. The number of anilines is 1. The maximum Gasteiger partial charge on any atom is 0.330 e. The standard InChI is InChI=1S/C34H25FN2O4/c35-25-17-9-10-18-26(25)37-32(38)27-28(33(37)39)30(36-20-19-21-11-7-8-16-24(21)29(27)36)34(40)41-31(22-12-3-1-4-13-22)23-14-5-2-6-15-23/h1-20,27-31H/t27-,28-,29+,30-/m0/s1. The van der Waals surface area contributed by atoms with Gasteiger partial charge in [0.2, 0.25) is 11.8 Å². The van der Waals surface area contributed by atoms with E-state index in [-0.39, 0.29) is 5.69 Å². The lowest BCUT2D eigenvalue weighted by Crippen LogP contribution is -2.45. The van der Waals surface area contributed by atoms with E-state index in [1.807, 2.05) is 91.0 Å². The van der Waals surface area contributed by atoms with Gasteiger partial charge in [0.25, 0.3) is 0 Å². The molecule has 0 spiro atoms. The van der Waals surface area contributed by atoms with Gasteiger partial charge in [-0.25, -0.2) is 14.1 Å². The number of hydrogen-bond donors (Lipinski definition) is 0. The summed E-state index contributed by atoms with van der Waals surface area (Å²) in [6.45, 7) is 0. The Bertz CT molecular complexity index is 1650. The molecular weight excluding hydrogens is 519 g/mol. The third-order valence-electron chi connectivity index (χ3n) is 8.24. The second-order valence-corrected chi connectivity index (χ2v) is 10.4. The van der Waals surface area contributed by atoms with Gasteiger partial charge in [0, 0.05) is 6.20 Å². The molecule has 4 aromatic carbocycles. The Hall–Kier alpha value is -5.04. The minimum atomic E-state index is -1.09. The van der Waals surface area contributed by atoms with Crippen molar-refractivity contribution < 1.29 is 23.5 Å². The Morgan fingerprint density at radius 3 is 2.00 bits per heavy atom. The lowest BCUT2D eigenvalue weighted by molar-refractivity contribution is -0.155. The molecule has 7 heteroatoms. The van der Waals surface area contributed by atoms with Crippen molar-refractivity contribution in [3.8, 4) is 0 Å². The summed E-state index contributed by atoms with van der Waals surface area (Å²) in [4.78, 5) is 44.9. The Balaban J connectivity index is 1.32. The largest absolute Gasteiger partial charge is 0.451 e. The highest BCUT2D eigenvalue weighted by molar-refractivity contribution is 6.24. The third-order valence-corrected chi connectivity index (χ3v) is 8.24. The summed E-state index contributed by atoms with van der Waals surface area (Å²) in [7, 11) is 0. The number of esters is 1. The number of ether oxygens (including phenoxy) is 1. The van der Waals surface area contributed by atoms with Gasteiger partial charge >= 0.3 is 5.97 Å². The molecular formula is C34H25FN2O4. The lowest BCUT2D eigenvalue weighted by atomic mass is 9.84. The number of carbonyl (C=O) groups excluding carboxylic acids is 3. The third kappa shape index (κ3) is 3.96. The molecule has 3 heterocycles. The van der Waals surface area contributed by atoms with E-state index in [2.05, 4.69) is 0 Å². The zero-order chi connectivity index (χ0) is 28.1. The van der Waals surface area contributed by atoms with Crippen LogP contribution < -0.4 is 4.90 Å². The van der Waals surface area contributed by atoms with Crippen molar-refractivity contribution in [3.05, 3.63) is 143 Å². The zero-order valence-electron chi connectivity index (χ0n) is 21.8. The van der Waals surface area contributed by atoms with Crippen molar-refractivity contribution in [1.82, 2.24) is 4.90 Å². The van der Waals surface area contributed by atoms with Crippen LogP contribution in [0, 0.1) is 17.7 Å². The Morgan fingerprint density at radius 2 is 1.32 bits per heavy atom. The van der Waals surface area contributed by atoms with E-state index in [4.69, 9.17) is 4.74 Å². The van der Waals surface area contributed by atoms with Gasteiger partial charge in [0.05, 0.1) is 23.6 Å². The Kier molecular flexibility index (Phi) is 6.00. The molecule has 41 heavy (non-hydrogen) atoms. The number of nitrogens with zero attached hydrogens (tertiary/aromatic N) is 2. The fourth-order valence-corrected chi connectivity index (χ4v) is 6.47. The molecule has 0 unspecified atom stereocenters. The van der Waals surface area contributed by atoms with Crippen LogP contribution in [0.25, 0.3) is 6.08 Å². The number of para-hydroxylation sites is 1. The van der Waals surface area contributed by atoms with Crippen LogP contribution in [0.1, 0.15) is 34.4 Å². The number of benzene rings is 4. The summed E-state index contributed by atoms with van der Waals surface area (Å²) in [5, 5.41) is 0. The van der Waals surface area contributed by atoms with E-state index >= 15 is 0 Å². The van der Waals surface area contributed by atoms with Crippen molar-refractivity contribution in [3.63, 3.8) is 0 Å². The average molecular weight is 545 g/mol. The molecule has 4 aromatic rings. The number of halogens is 1. The van der Waals surface area contributed by atoms with Crippen molar-refractivity contribution in [2.75, 3.05) is 4.90 Å². The normalized spacial score (nSPS) is 22.5. The minimum absolute atomic E-state index is 0.110. The van der Waals surface area contributed by atoms with Crippen molar-refractivity contribution in [1.29, 1.82) is 0 Å². The molecule has 0 saturated carbocycles. The van der Waals surface area contributed by atoms with Gasteiger partial charge in [-0.05, 0) is 40.5 Å². The maximum atomic E-state index is 14.9. The van der Waals surface area contributed by atoms with Crippen LogP contribution in [-0.4, -0.2) is 28.7 Å². The Morgan fingerprint density at radius 1 is 0.732 bits per heavy atom. The highest BCUT2D eigenvalue weighted by Gasteiger charge is 2.65. The van der Waals surface area contributed by atoms with E-state index in [1.165, 1.54) is 18.2 Å². The van der Waals surface area contributed by atoms with Gasteiger partial charge in [0.15, 0.2) is 6.10 Å². The average Bonchev–Trinajstić information content (AvgIpc) is 3.49. The lowest BCUT2D eigenvalue weighted by Gasteiger charge is -2.35. The van der Waals surface area contributed by atoms with E-state index in [0.717, 1.165) is 27.2 Å². The molecule has 6 nitrogen and oxygen atoms in total. The molecule has 3 aliphatic rings. The number of imide groups is 1. The van der Waals surface area contributed by atoms with Gasteiger partial charge in [-0.1, -0.05) is 97.1 Å². The molecule has 3 aliphatic heterocycles. The van der Waals surface area contributed by atoms with Crippen LogP contribution in [0.2, 0.25) is 0 Å². The van der Waals surface area contributed by atoms with Crippen molar-refractivity contribution in [2.24, 2.45) is 11.8 Å². The van der Waals surface area contributed by atoms with Crippen LogP contribution in [0.5, 0.6) is 0 Å². The van der Waals surface area contributed by atoms with E-state index < -0.39 is 53.6 Å². The van der Waals surface area contributed by atoms with Gasteiger partial charge in [-0.2, -0.15) is 0 Å². The maximum absolute atomic E-state index is 14.9. The van der Waals surface area contributed by atoms with Gasteiger partial charge in [-0.15, -0.1) is 0 Å². The van der Waals surface area contributed by atoms with E-state index in [1.54, 1.807) is 17.2 Å². The van der Waals surface area contributed by atoms with Crippen molar-refractivity contribution in [2.45, 2.75) is 18.2 Å². The Labute approximate surface area is 236 Å². The van der Waals surface area contributed by atoms with Crippen LogP contribution >= 0.6 is 0 Å².